The van der Waals surface area contributed by atoms with Gasteiger partial charge in [-0.25, -0.2) is 0 Å². The lowest BCUT2D eigenvalue weighted by Gasteiger charge is -2.35. The lowest BCUT2D eigenvalue weighted by molar-refractivity contribution is 0.140. The van der Waals surface area contributed by atoms with Crippen LogP contribution in [0.3, 0.4) is 0 Å². The first-order chi connectivity index (χ1) is 9.47. The highest BCUT2D eigenvalue weighted by Crippen LogP contribution is 2.22. The van der Waals surface area contributed by atoms with Crippen LogP contribution >= 0.6 is 23.8 Å². The maximum atomic E-state index is 6.32. The smallest absolute Gasteiger partial charge is 0.104 e. The molecule has 5 heteroatoms. The molecule has 2 rings (SSSR count). The molecule has 0 saturated carbocycles. The second-order valence-corrected chi connectivity index (χ2v) is 6.49. The van der Waals surface area contributed by atoms with E-state index < -0.39 is 0 Å². The molecule has 0 aromatic heterocycles. The van der Waals surface area contributed by atoms with Crippen molar-refractivity contribution in [1.29, 1.82) is 0 Å². The highest BCUT2D eigenvalue weighted by molar-refractivity contribution is 7.80. The topological polar surface area (TPSA) is 32.5 Å². The fraction of sp³-hybridized carbons (Fsp3) is 0.533. The van der Waals surface area contributed by atoms with E-state index >= 15 is 0 Å². The normalized spacial score (nSPS) is 17.6. The summed E-state index contributed by atoms with van der Waals surface area (Å²) in [5, 5.41) is 0.755. The van der Waals surface area contributed by atoms with Gasteiger partial charge in [-0.15, -0.1) is 0 Å². The molecule has 3 nitrogen and oxygen atoms in total. The molecule has 2 N–H and O–H groups in total. The monoisotopic (exact) mass is 311 g/mol. The molecule has 0 aliphatic carbocycles. The van der Waals surface area contributed by atoms with Crippen LogP contribution in [-0.2, 0) is 6.54 Å². The molecule has 20 heavy (non-hydrogen) atoms. The summed E-state index contributed by atoms with van der Waals surface area (Å²) < 4.78 is 0. The molecule has 0 radical (unpaired) electrons. The van der Waals surface area contributed by atoms with Gasteiger partial charge in [0.15, 0.2) is 0 Å². The lowest BCUT2D eigenvalue weighted by atomic mass is 10.0. The van der Waals surface area contributed by atoms with Crippen molar-refractivity contribution < 1.29 is 0 Å². The van der Waals surface area contributed by atoms with E-state index in [0.29, 0.717) is 11.0 Å². The van der Waals surface area contributed by atoms with Crippen molar-refractivity contribution in [1.82, 2.24) is 9.80 Å². The van der Waals surface area contributed by atoms with Crippen molar-refractivity contribution in [3.63, 3.8) is 0 Å². The molecule has 0 bridgehead atoms. The third kappa shape index (κ3) is 3.92. The largest absolute Gasteiger partial charge is 0.389 e. The first-order valence-corrected chi connectivity index (χ1v) is 7.73. The van der Waals surface area contributed by atoms with Gasteiger partial charge in [-0.3, -0.25) is 4.90 Å². The van der Waals surface area contributed by atoms with Crippen LogP contribution in [0.25, 0.3) is 0 Å². The van der Waals surface area contributed by atoms with Gasteiger partial charge in [0, 0.05) is 23.2 Å². The van der Waals surface area contributed by atoms with E-state index in [1.807, 2.05) is 18.2 Å². The zero-order valence-electron chi connectivity index (χ0n) is 12.1. The molecule has 110 valence electrons. The number of hydrogen-bond donors (Lipinski definition) is 1. The Kier molecular flexibility index (Phi) is 5.38. The number of likely N-dealkylation sites (tertiary alicyclic amines) is 1. The molecule has 1 saturated heterocycles. The van der Waals surface area contributed by atoms with E-state index in [2.05, 4.69) is 23.9 Å². The molecule has 1 heterocycles. The molecule has 0 amide bonds. The summed E-state index contributed by atoms with van der Waals surface area (Å²) >= 11 is 11.3. The number of nitrogens with two attached hydrogens (primary N) is 1. The Morgan fingerprint density at radius 2 is 2.05 bits per heavy atom. The van der Waals surface area contributed by atoms with Crippen molar-refractivity contribution in [2.24, 2.45) is 5.73 Å². The van der Waals surface area contributed by atoms with Crippen LogP contribution in [-0.4, -0.2) is 48.0 Å². The van der Waals surface area contributed by atoms with Gasteiger partial charge in [0.2, 0.25) is 0 Å². The number of nitrogens with zero attached hydrogens (tertiary/aromatic N) is 2. The van der Waals surface area contributed by atoms with E-state index in [4.69, 9.17) is 29.6 Å². The zero-order chi connectivity index (χ0) is 14.7. The van der Waals surface area contributed by atoms with Gasteiger partial charge < -0.3 is 10.6 Å². The predicted octanol–water partition coefficient (Wildman–Crippen LogP) is 2.50. The van der Waals surface area contributed by atoms with Gasteiger partial charge in [0.05, 0.1) is 0 Å². The van der Waals surface area contributed by atoms with E-state index in [1.54, 1.807) is 0 Å². The molecule has 0 atom stereocenters. The van der Waals surface area contributed by atoms with E-state index in [0.717, 1.165) is 35.8 Å². The Morgan fingerprint density at radius 3 is 2.55 bits per heavy atom. The van der Waals surface area contributed by atoms with Crippen LogP contribution in [0.5, 0.6) is 0 Å². The zero-order valence-corrected chi connectivity index (χ0v) is 13.7. The quantitative estimate of drug-likeness (QED) is 0.866. The van der Waals surface area contributed by atoms with E-state index in [9.17, 15) is 0 Å². The third-order valence-corrected chi connectivity index (χ3v) is 4.61. The van der Waals surface area contributed by atoms with Crippen LogP contribution in [0.4, 0.5) is 0 Å². The minimum absolute atomic E-state index is 0.394. The molecule has 1 aromatic rings. The lowest BCUT2D eigenvalue weighted by Crippen LogP contribution is -2.41. The Balaban J connectivity index is 1.96. The highest BCUT2D eigenvalue weighted by Gasteiger charge is 2.21. The van der Waals surface area contributed by atoms with Crippen molar-refractivity contribution in [2.75, 3.05) is 27.2 Å². The summed E-state index contributed by atoms with van der Waals surface area (Å²) in [4.78, 5) is 5.17. The summed E-state index contributed by atoms with van der Waals surface area (Å²) in [5.74, 6) is 0. The van der Waals surface area contributed by atoms with Gasteiger partial charge in [-0.2, -0.15) is 0 Å². The van der Waals surface area contributed by atoms with Crippen molar-refractivity contribution in [2.45, 2.75) is 25.4 Å². The number of hydrogen-bond acceptors (Lipinski definition) is 3. The average molecular weight is 312 g/mol. The standard InChI is InChI=1S/C15H22ClN3S/c1-18(2)13-5-7-19(8-6-13)10-12-4-3-11(15(17)20)9-14(12)16/h3-4,9,13H,5-8,10H2,1-2H3,(H2,17,20). The maximum absolute atomic E-state index is 6.32. The van der Waals surface area contributed by atoms with Gasteiger partial charge in [-0.05, 0) is 51.7 Å². The SMILES string of the molecule is CN(C)C1CCN(Cc2ccc(C(N)=S)cc2Cl)CC1. The highest BCUT2D eigenvalue weighted by atomic mass is 35.5. The fourth-order valence-corrected chi connectivity index (χ4v) is 3.03. The minimum atomic E-state index is 0.394. The van der Waals surface area contributed by atoms with Crippen molar-refractivity contribution in [3.8, 4) is 0 Å². The van der Waals surface area contributed by atoms with Crippen molar-refractivity contribution >= 4 is 28.8 Å². The molecule has 1 aliphatic rings. The Labute approximate surface area is 131 Å². The summed E-state index contributed by atoms with van der Waals surface area (Å²) in [7, 11) is 4.32. The summed E-state index contributed by atoms with van der Waals surface area (Å²) in [5.41, 5.74) is 7.60. The van der Waals surface area contributed by atoms with Gasteiger partial charge >= 0.3 is 0 Å². The maximum Gasteiger partial charge on any atom is 0.104 e. The Bertz CT molecular complexity index is 482. The number of benzene rings is 1. The summed E-state index contributed by atoms with van der Waals surface area (Å²) in [6, 6.07) is 6.57. The minimum Gasteiger partial charge on any atom is -0.389 e. The first-order valence-electron chi connectivity index (χ1n) is 6.94. The van der Waals surface area contributed by atoms with Crippen LogP contribution in [0.1, 0.15) is 24.0 Å². The summed E-state index contributed by atoms with van der Waals surface area (Å²) in [6.45, 7) is 3.14. The molecule has 1 aromatic carbocycles. The average Bonchev–Trinajstić information content (AvgIpc) is 2.41. The van der Waals surface area contributed by atoms with Crippen LogP contribution < -0.4 is 5.73 Å². The molecule has 0 unspecified atom stereocenters. The van der Waals surface area contributed by atoms with Crippen LogP contribution in [0, 0.1) is 0 Å². The van der Waals surface area contributed by atoms with Crippen LogP contribution in [0.2, 0.25) is 5.02 Å². The van der Waals surface area contributed by atoms with Gasteiger partial charge in [-0.1, -0.05) is 36.0 Å². The Morgan fingerprint density at radius 1 is 1.40 bits per heavy atom. The molecule has 1 fully saturated rings. The van der Waals surface area contributed by atoms with Gasteiger partial charge in [0.1, 0.15) is 4.99 Å². The molecule has 0 spiro atoms. The summed E-state index contributed by atoms with van der Waals surface area (Å²) in [6.07, 6.45) is 2.44. The first kappa shape index (κ1) is 15.7. The van der Waals surface area contributed by atoms with Gasteiger partial charge in [0.25, 0.3) is 0 Å². The number of rotatable bonds is 4. The third-order valence-electron chi connectivity index (χ3n) is 4.02. The molecule has 1 aliphatic heterocycles. The fourth-order valence-electron chi connectivity index (χ4n) is 2.66. The number of halogens is 1. The van der Waals surface area contributed by atoms with E-state index in [-0.39, 0.29) is 0 Å². The second-order valence-electron chi connectivity index (χ2n) is 5.64. The molecular formula is C15H22ClN3S. The molecular weight excluding hydrogens is 290 g/mol. The van der Waals surface area contributed by atoms with Crippen molar-refractivity contribution in [3.05, 3.63) is 34.3 Å². The number of thiocarbonyl (C=S) groups is 1. The van der Waals surface area contributed by atoms with Crippen LogP contribution in [0.15, 0.2) is 18.2 Å². The van der Waals surface area contributed by atoms with E-state index in [1.165, 1.54) is 12.8 Å². The number of piperidine rings is 1. The predicted molar refractivity (Wildman–Crippen MR) is 89.3 cm³/mol. The Hall–Kier alpha value is -0.680. The second kappa shape index (κ2) is 6.85.